The van der Waals surface area contributed by atoms with Crippen LogP contribution in [0.15, 0.2) is 78.9 Å². The molecule has 0 saturated heterocycles. The number of rotatable bonds is 5. The Labute approximate surface area is 144 Å². The first-order chi connectivity index (χ1) is 11.5. The second kappa shape index (κ2) is 7.10. The van der Waals surface area contributed by atoms with E-state index in [1.807, 2.05) is 30.3 Å². The zero-order valence-corrected chi connectivity index (χ0v) is 14.2. The van der Waals surface area contributed by atoms with Crippen LogP contribution in [0.5, 0.6) is 11.5 Å². The average Bonchev–Trinajstić information content (AvgIpc) is 2.56. The molecule has 1 atom stereocenters. The van der Waals surface area contributed by atoms with Crippen LogP contribution in [0, 0.1) is 0 Å². The van der Waals surface area contributed by atoms with Gasteiger partial charge in [0.05, 0.1) is 5.02 Å². The van der Waals surface area contributed by atoms with Crippen LogP contribution >= 0.6 is 19.4 Å². The number of benzene rings is 3. The van der Waals surface area contributed by atoms with E-state index in [9.17, 15) is 9.46 Å². The standard InChI is InChI=1S/C18H14ClO4P/c19-18-13-16(11-12-17(18)14-7-3-1-4-8-14)23-24(20,21)22-15-9-5-2-6-10-15/h1-13H,(H,20,21). The van der Waals surface area contributed by atoms with E-state index in [1.165, 1.54) is 6.07 Å². The number of para-hydroxylation sites is 1. The highest BCUT2D eigenvalue weighted by atomic mass is 35.5. The van der Waals surface area contributed by atoms with Crippen molar-refractivity contribution >= 4 is 19.4 Å². The zero-order valence-electron chi connectivity index (χ0n) is 12.5. The zero-order chi connectivity index (χ0) is 17.0. The SMILES string of the molecule is O=P(O)(Oc1ccccc1)Oc1ccc(-c2ccccc2)c(Cl)c1. The number of phosphoric ester groups is 1. The van der Waals surface area contributed by atoms with Crippen LogP contribution < -0.4 is 9.05 Å². The van der Waals surface area contributed by atoms with Crippen molar-refractivity contribution in [3.63, 3.8) is 0 Å². The molecule has 0 radical (unpaired) electrons. The van der Waals surface area contributed by atoms with E-state index in [1.54, 1.807) is 42.5 Å². The Morgan fingerprint density at radius 3 is 2.00 bits per heavy atom. The Hall–Kier alpha value is -2.26. The number of phosphoric acid groups is 1. The monoisotopic (exact) mass is 360 g/mol. The van der Waals surface area contributed by atoms with Gasteiger partial charge in [0.1, 0.15) is 11.5 Å². The summed E-state index contributed by atoms with van der Waals surface area (Å²) < 4.78 is 22.2. The predicted octanol–water partition coefficient (Wildman–Crippen LogP) is 5.57. The molecule has 0 bridgehead atoms. The Morgan fingerprint density at radius 2 is 1.38 bits per heavy atom. The summed E-state index contributed by atoms with van der Waals surface area (Å²) in [5, 5.41) is 0.415. The van der Waals surface area contributed by atoms with E-state index < -0.39 is 7.82 Å². The van der Waals surface area contributed by atoms with Crippen LogP contribution in [-0.2, 0) is 4.57 Å². The molecule has 3 aromatic carbocycles. The van der Waals surface area contributed by atoms with Crippen molar-refractivity contribution < 1.29 is 18.5 Å². The van der Waals surface area contributed by atoms with Crippen molar-refractivity contribution in [3.8, 4) is 22.6 Å². The van der Waals surface area contributed by atoms with E-state index in [4.69, 9.17) is 20.6 Å². The van der Waals surface area contributed by atoms with Gasteiger partial charge in [0, 0.05) is 11.6 Å². The molecule has 0 aliphatic heterocycles. The lowest BCUT2D eigenvalue weighted by molar-refractivity contribution is 0.291. The largest absolute Gasteiger partial charge is 0.584 e. The summed E-state index contributed by atoms with van der Waals surface area (Å²) in [5.41, 5.74) is 1.75. The molecule has 6 heteroatoms. The van der Waals surface area contributed by atoms with Gasteiger partial charge in [-0.25, -0.2) is 4.57 Å². The minimum absolute atomic E-state index is 0.154. The third-order valence-electron chi connectivity index (χ3n) is 3.21. The fourth-order valence-electron chi connectivity index (χ4n) is 2.17. The summed E-state index contributed by atoms with van der Waals surface area (Å²) in [4.78, 5) is 9.87. The molecule has 3 rings (SSSR count). The molecule has 0 saturated carbocycles. The maximum absolute atomic E-state index is 12.1. The van der Waals surface area contributed by atoms with Crippen LogP contribution in [0.1, 0.15) is 0 Å². The Balaban J connectivity index is 1.78. The molecule has 24 heavy (non-hydrogen) atoms. The van der Waals surface area contributed by atoms with Crippen LogP contribution in [0.4, 0.5) is 0 Å². The van der Waals surface area contributed by atoms with E-state index in [0.717, 1.165) is 11.1 Å². The van der Waals surface area contributed by atoms with E-state index in [2.05, 4.69) is 0 Å². The normalized spacial score (nSPS) is 13.1. The van der Waals surface area contributed by atoms with Crippen LogP contribution in [0.3, 0.4) is 0 Å². The number of hydrogen-bond donors (Lipinski definition) is 1. The minimum Gasteiger partial charge on any atom is -0.395 e. The number of hydrogen-bond acceptors (Lipinski definition) is 3. The summed E-state index contributed by atoms with van der Waals surface area (Å²) in [6.45, 7) is 0. The third-order valence-corrected chi connectivity index (χ3v) is 4.41. The second-order valence-corrected chi connectivity index (χ2v) is 6.68. The maximum atomic E-state index is 12.1. The molecule has 0 heterocycles. The molecule has 0 aliphatic rings. The Bertz CT molecular complexity index is 869. The molecular weight excluding hydrogens is 347 g/mol. The molecule has 3 aromatic rings. The van der Waals surface area contributed by atoms with E-state index in [0.29, 0.717) is 5.02 Å². The smallest absolute Gasteiger partial charge is 0.395 e. The van der Waals surface area contributed by atoms with E-state index in [-0.39, 0.29) is 11.5 Å². The van der Waals surface area contributed by atoms with Crippen molar-refractivity contribution in [2.24, 2.45) is 0 Å². The maximum Gasteiger partial charge on any atom is 0.584 e. The topological polar surface area (TPSA) is 55.8 Å². The van der Waals surface area contributed by atoms with Gasteiger partial charge in [-0.2, -0.15) is 0 Å². The summed E-state index contributed by atoms with van der Waals surface area (Å²) in [7, 11) is -4.30. The molecule has 0 aromatic heterocycles. The van der Waals surface area contributed by atoms with Gasteiger partial charge in [0.15, 0.2) is 0 Å². The highest BCUT2D eigenvalue weighted by molar-refractivity contribution is 7.48. The summed E-state index contributed by atoms with van der Waals surface area (Å²) in [5.74, 6) is 0.400. The Morgan fingerprint density at radius 1 is 0.792 bits per heavy atom. The highest BCUT2D eigenvalue weighted by Gasteiger charge is 2.25. The molecule has 0 amide bonds. The molecule has 0 fully saturated rings. The summed E-state index contributed by atoms with van der Waals surface area (Å²) >= 11 is 6.26. The van der Waals surface area contributed by atoms with Gasteiger partial charge in [-0.15, -0.1) is 0 Å². The molecular formula is C18H14ClO4P. The van der Waals surface area contributed by atoms with Crippen LogP contribution in [0.2, 0.25) is 5.02 Å². The lowest BCUT2D eigenvalue weighted by atomic mass is 10.1. The molecule has 1 N–H and O–H groups in total. The predicted molar refractivity (Wildman–Crippen MR) is 94.4 cm³/mol. The molecule has 1 unspecified atom stereocenters. The fourth-order valence-corrected chi connectivity index (χ4v) is 3.26. The van der Waals surface area contributed by atoms with Gasteiger partial charge in [-0.1, -0.05) is 60.1 Å². The van der Waals surface area contributed by atoms with Crippen molar-refractivity contribution in [1.82, 2.24) is 0 Å². The highest BCUT2D eigenvalue weighted by Crippen LogP contribution is 2.45. The molecule has 122 valence electrons. The van der Waals surface area contributed by atoms with Gasteiger partial charge >= 0.3 is 7.82 Å². The van der Waals surface area contributed by atoms with Crippen molar-refractivity contribution in [1.29, 1.82) is 0 Å². The van der Waals surface area contributed by atoms with Crippen molar-refractivity contribution in [2.45, 2.75) is 0 Å². The van der Waals surface area contributed by atoms with Crippen molar-refractivity contribution in [2.75, 3.05) is 0 Å². The van der Waals surface area contributed by atoms with Crippen LogP contribution in [0.25, 0.3) is 11.1 Å². The minimum atomic E-state index is -4.30. The van der Waals surface area contributed by atoms with Gasteiger partial charge in [-0.05, 0) is 29.8 Å². The number of halogens is 1. The fraction of sp³-hybridized carbons (Fsp3) is 0. The lowest BCUT2D eigenvalue weighted by Gasteiger charge is -2.14. The quantitative estimate of drug-likeness (QED) is 0.605. The molecule has 0 aliphatic carbocycles. The van der Waals surface area contributed by atoms with Gasteiger partial charge < -0.3 is 9.05 Å². The lowest BCUT2D eigenvalue weighted by Crippen LogP contribution is -1.99. The summed E-state index contributed by atoms with van der Waals surface area (Å²) in [6, 6.07) is 22.7. The van der Waals surface area contributed by atoms with Gasteiger partial charge in [0.2, 0.25) is 0 Å². The second-order valence-electron chi connectivity index (χ2n) is 4.97. The van der Waals surface area contributed by atoms with Gasteiger partial charge in [0.25, 0.3) is 0 Å². The average molecular weight is 361 g/mol. The van der Waals surface area contributed by atoms with Crippen LogP contribution in [-0.4, -0.2) is 4.89 Å². The molecule has 0 spiro atoms. The van der Waals surface area contributed by atoms with E-state index >= 15 is 0 Å². The Kier molecular flexibility index (Phi) is 4.91. The first-order valence-electron chi connectivity index (χ1n) is 7.15. The van der Waals surface area contributed by atoms with Crippen molar-refractivity contribution in [3.05, 3.63) is 83.9 Å². The summed E-state index contributed by atoms with van der Waals surface area (Å²) in [6.07, 6.45) is 0. The first kappa shape index (κ1) is 16.6. The van der Waals surface area contributed by atoms with Gasteiger partial charge in [-0.3, -0.25) is 4.89 Å². The molecule has 4 nitrogen and oxygen atoms in total. The first-order valence-corrected chi connectivity index (χ1v) is 9.03. The third kappa shape index (κ3) is 4.18.